The Morgan fingerprint density at radius 3 is 2.57 bits per heavy atom. The van der Waals surface area contributed by atoms with Crippen molar-refractivity contribution in [1.29, 1.82) is 0 Å². The first-order valence-electron chi connectivity index (χ1n) is 11.8. The zero-order valence-electron chi connectivity index (χ0n) is 20.7. The summed E-state index contributed by atoms with van der Waals surface area (Å²) < 4.78 is 74.2. The number of aryl methyl sites for hydroxylation is 2. The average Bonchev–Trinajstić information content (AvgIpc) is 3.16. The number of hydrogen-bond acceptors (Lipinski definition) is 6. The minimum absolute atomic E-state index is 0.0309. The van der Waals surface area contributed by atoms with E-state index >= 15 is 0 Å². The number of halogens is 3. The maximum absolute atomic E-state index is 13.1. The molecule has 8 nitrogen and oxygen atoms in total. The van der Waals surface area contributed by atoms with E-state index in [0.717, 1.165) is 0 Å². The molecule has 0 aliphatic carbocycles. The molecule has 0 saturated carbocycles. The molecule has 0 radical (unpaired) electrons. The summed E-state index contributed by atoms with van der Waals surface area (Å²) in [4.78, 5) is 17.2. The van der Waals surface area contributed by atoms with E-state index < -0.39 is 28.2 Å². The van der Waals surface area contributed by atoms with E-state index in [1.807, 2.05) is 13.8 Å². The van der Waals surface area contributed by atoms with Gasteiger partial charge in [0.25, 0.3) is 11.8 Å². The molecule has 1 N–H and O–H groups in total. The number of nitrogens with zero attached hydrogens (tertiary/aromatic N) is 2. The van der Waals surface area contributed by atoms with Crippen LogP contribution >= 0.6 is 0 Å². The number of pyridine rings is 2. The van der Waals surface area contributed by atoms with Crippen LogP contribution in [0.1, 0.15) is 48.3 Å². The predicted octanol–water partition coefficient (Wildman–Crippen LogP) is 4.64. The second kappa shape index (κ2) is 9.88. The Hall–Kier alpha value is -3.28. The van der Waals surface area contributed by atoms with Crippen molar-refractivity contribution in [2.45, 2.75) is 51.7 Å². The van der Waals surface area contributed by atoms with Crippen LogP contribution in [0.15, 0.2) is 36.7 Å². The number of alkyl halides is 3. The number of aromatic nitrogens is 2. The number of hydrogen-bond donors (Lipinski definition) is 1. The first kappa shape index (κ1) is 26.8. The molecule has 1 amide bonds. The van der Waals surface area contributed by atoms with Crippen molar-refractivity contribution >= 4 is 21.3 Å². The fourth-order valence-electron chi connectivity index (χ4n) is 4.15. The second-order valence-corrected chi connectivity index (χ2v) is 11.8. The van der Waals surface area contributed by atoms with E-state index in [1.165, 1.54) is 12.3 Å². The lowest BCUT2D eigenvalue weighted by atomic mass is 9.94. The van der Waals surface area contributed by atoms with Gasteiger partial charge in [-0.15, -0.1) is 0 Å². The quantitative estimate of drug-likeness (QED) is 0.470. The zero-order valence-corrected chi connectivity index (χ0v) is 21.5. The Morgan fingerprint density at radius 1 is 1.22 bits per heavy atom. The number of nitrogens with one attached hydrogen (secondary N) is 1. The van der Waals surface area contributed by atoms with E-state index in [4.69, 9.17) is 9.47 Å². The van der Waals surface area contributed by atoms with Crippen molar-refractivity contribution in [3.05, 3.63) is 53.5 Å². The molecular weight excluding hydrogens is 511 g/mol. The van der Waals surface area contributed by atoms with E-state index in [1.54, 1.807) is 35.7 Å². The summed E-state index contributed by atoms with van der Waals surface area (Å²) in [5.74, 6) is -0.194. The molecule has 0 unspecified atom stereocenters. The summed E-state index contributed by atoms with van der Waals surface area (Å²) in [5, 5.41) is 2.98. The van der Waals surface area contributed by atoms with Crippen LogP contribution in [0.25, 0.3) is 5.52 Å². The highest BCUT2D eigenvalue weighted by molar-refractivity contribution is 7.91. The van der Waals surface area contributed by atoms with Gasteiger partial charge in [-0.1, -0.05) is 6.92 Å². The molecule has 3 aromatic heterocycles. The van der Waals surface area contributed by atoms with Crippen LogP contribution in [-0.2, 0) is 16.3 Å². The van der Waals surface area contributed by atoms with Crippen molar-refractivity contribution in [3.8, 4) is 17.4 Å². The number of carbonyl (C=O) groups excluding carboxylic acids is 1. The van der Waals surface area contributed by atoms with Crippen LogP contribution < -0.4 is 14.8 Å². The lowest BCUT2D eigenvalue weighted by molar-refractivity contribution is -0.153. The standard InChI is InChI=1S/C25H28F3N3O5S/c1-4-17-11-21(35-15-25(26,27)28)23(29-13-17)36-19-6-5-18-12-20(16(2)31(18)14-19)22(32)30-24(3)7-9-37(33,34)10-8-24/h5-6,11-14H,4,7-10,15H2,1-3H3,(H,30,32). The van der Waals surface area contributed by atoms with Gasteiger partial charge >= 0.3 is 6.18 Å². The molecule has 1 aliphatic heterocycles. The molecule has 0 bridgehead atoms. The summed E-state index contributed by atoms with van der Waals surface area (Å²) in [6, 6.07) is 6.51. The fraction of sp³-hybridized carbons (Fsp3) is 0.440. The van der Waals surface area contributed by atoms with Gasteiger partial charge in [-0.3, -0.25) is 4.79 Å². The van der Waals surface area contributed by atoms with Gasteiger partial charge in [0.05, 0.1) is 23.3 Å². The molecule has 200 valence electrons. The van der Waals surface area contributed by atoms with Crippen LogP contribution in [-0.4, -0.2) is 53.5 Å². The molecule has 4 heterocycles. The normalized spacial score (nSPS) is 16.9. The first-order valence-corrected chi connectivity index (χ1v) is 13.6. The molecule has 1 saturated heterocycles. The molecule has 0 aromatic carbocycles. The second-order valence-electron chi connectivity index (χ2n) is 9.48. The molecule has 1 aliphatic rings. The SMILES string of the molecule is CCc1cnc(Oc2ccc3cc(C(=O)NC4(C)CCS(=O)(=O)CC4)c(C)n3c2)c(OCC(F)(F)F)c1. The van der Waals surface area contributed by atoms with Crippen molar-refractivity contribution < 1.29 is 35.9 Å². The third kappa shape index (κ3) is 6.35. The summed E-state index contributed by atoms with van der Waals surface area (Å²) >= 11 is 0. The molecular formula is C25H28F3N3O5S. The fourth-order valence-corrected chi connectivity index (χ4v) is 5.87. The summed E-state index contributed by atoms with van der Waals surface area (Å²) in [5.41, 5.74) is 1.81. The maximum Gasteiger partial charge on any atom is 0.422 e. The van der Waals surface area contributed by atoms with Gasteiger partial charge in [-0.25, -0.2) is 13.4 Å². The smallest absolute Gasteiger partial charge is 0.422 e. The summed E-state index contributed by atoms with van der Waals surface area (Å²) in [6.45, 7) is 3.97. The number of carbonyl (C=O) groups is 1. The molecule has 4 rings (SSSR count). The highest BCUT2D eigenvalue weighted by Gasteiger charge is 2.35. The third-order valence-corrected chi connectivity index (χ3v) is 8.13. The molecule has 37 heavy (non-hydrogen) atoms. The van der Waals surface area contributed by atoms with Gasteiger partial charge in [0.1, 0.15) is 15.6 Å². The van der Waals surface area contributed by atoms with Gasteiger partial charge in [0.15, 0.2) is 12.4 Å². The number of ether oxygens (including phenoxy) is 2. The van der Waals surface area contributed by atoms with Gasteiger partial charge < -0.3 is 19.2 Å². The zero-order chi connectivity index (χ0) is 27.0. The summed E-state index contributed by atoms with van der Waals surface area (Å²) in [7, 11) is -3.07. The highest BCUT2D eigenvalue weighted by atomic mass is 32.2. The monoisotopic (exact) mass is 539 g/mol. The topological polar surface area (TPSA) is 99.0 Å². The Bertz CT molecular complexity index is 1420. The van der Waals surface area contributed by atoms with E-state index in [0.29, 0.717) is 41.6 Å². The molecule has 0 spiro atoms. The minimum Gasteiger partial charge on any atom is -0.478 e. The molecule has 1 fully saturated rings. The van der Waals surface area contributed by atoms with E-state index in [9.17, 15) is 26.4 Å². The largest absolute Gasteiger partial charge is 0.478 e. The van der Waals surface area contributed by atoms with Gasteiger partial charge in [-0.2, -0.15) is 13.2 Å². The highest BCUT2D eigenvalue weighted by Crippen LogP contribution is 2.33. The van der Waals surface area contributed by atoms with Crippen molar-refractivity contribution in [3.63, 3.8) is 0 Å². The van der Waals surface area contributed by atoms with Crippen molar-refractivity contribution in [2.24, 2.45) is 0 Å². The predicted molar refractivity (Wildman–Crippen MR) is 131 cm³/mol. The van der Waals surface area contributed by atoms with E-state index in [2.05, 4.69) is 10.3 Å². The van der Waals surface area contributed by atoms with Crippen LogP contribution in [0.5, 0.6) is 17.4 Å². The Balaban J connectivity index is 1.56. The van der Waals surface area contributed by atoms with Crippen LogP contribution in [0.2, 0.25) is 0 Å². The minimum atomic E-state index is -4.51. The lowest BCUT2D eigenvalue weighted by Crippen LogP contribution is -2.51. The Kier molecular flexibility index (Phi) is 7.15. The number of amides is 1. The van der Waals surface area contributed by atoms with Gasteiger partial charge in [0.2, 0.25) is 0 Å². The summed E-state index contributed by atoms with van der Waals surface area (Å²) in [6.07, 6.45) is -0.152. The van der Waals surface area contributed by atoms with Crippen LogP contribution in [0.3, 0.4) is 0 Å². The molecule has 0 atom stereocenters. The number of fused-ring (bicyclic) bond motifs is 1. The van der Waals surface area contributed by atoms with E-state index in [-0.39, 0.29) is 34.8 Å². The van der Waals surface area contributed by atoms with Crippen LogP contribution in [0.4, 0.5) is 13.2 Å². The number of rotatable bonds is 7. The lowest BCUT2D eigenvalue weighted by Gasteiger charge is -2.34. The maximum atomic E-state index is 13.1. The molecule has 3 aromatic rings. The van der Waals surface area contributed by atoms with Gasteiger partial charge in [-0.05, 0) is 62.9 Å². The molecule has 12 heteroatoms. The average molecular weight is 540 g/mol. The Labute approximate surface area is 212 Å². The third-order valence-electron chi connectivity index (χ3n) is 6.47. The Morgan fingerprint density at radius 2 is 1.92 bits per heavy atom. The van der Waals surface area contributed by atoms with Crippen LogP contribution in [0, 0.1) is 6.92 Å². The van der Waals surface area contributed by atoms with Crippen molar-refractivity contribution in [2.75, 3.05) is 18.1 Å². The number of sulfone groups is 1. The first-order chi connectivity index (χ1) is 17.3. The van der Waals surface area contributed by atoms with Crippen molar-refractivity contribution in [1.82, 2.24) is 14.7 Å². The van der Waals surface area contributed by atoms with Gasteiger partial charge in [0, 0.05) is 22.9 Å².